The lowest BCUT2D eigenvalue weighted by Crippen LogP contribution is -2.39. The standard InChI is InChI=1S/C11H23NO2/c1-9(2)6-7-14-11(4,5)8-12-10(3)13/h9H,6-8H2,1-5H3,(H,12,13). The molecule has 3 heteroatoms. The molecule has 0 atom stereocenters. The van der Waals surface area contributed by atoms with Gasteiger partial charge in [0.1, 0.15) is 0 Å². The normalized spacial score (nSPS) is 11.9. The molecule has 0 aromatic rings. The Kier molecular flexibility index (Phi) is 5.77. The van der Waals surface area contributed by atoms with Crippen LogP contribution in [0.5, 0.6) is 0 Å². The molecule has 0 aromatic carbocycles. The van der Waals surface area contributed by atoms with Crippen molar-refractivity contribution in [2.75, 3.05) is 13.2 Å². The zero-order valence-corrected chi connectivity index (χ0v) is 10.0. The van der Waals surface area contributed by atoms with Crippen molar-refractivity contribution >= 4 is 5.91 Å². The largest absolute Gasteiger partial charge is 0.374 e. The smallest absolute Gasteiger partial charge is 0.216 e. The maximum Gasteiger partial charge on any atom is 0.216 e. The second-order valence-electron chi connectivity index (χ2n) is 4.70. The summed E-state index contributed by atoms with van der Waals surface area (Å²) in [6.45, 7) is 11.2. The Bertz CT molecular complexity index is 176. The van der Waals surface area contributed by atoms with Gasteiger partial charge in [0.15, 0.2) is 0 Å². The Hall–Kier alpha value is -0.570. The molecule has 0 spiro atoms. The quantitative estimate of drug-likeness (QED) is 0.713. The Balaban J connectivity index is 3.66. The summed E-state index contributed by atoms with van der Waals surface area (Å²) in [5.74, 6) is 0.650. The number of carbonyl (C=O) groups excluding carboxylic acids is 1. The average molecular weight is 201 g/mol. The molecule has 0 fully saturated rings. The lowest BCUT2D eigenvalue weighted by Gasteiger charge is -2.25. The van der Waals surface area contributed by atoms with Crippen molar-refractivity contribution in [2.45, 2.75) is 46.6 Å². The summed E-state index contributed by atoms with van der Waals surface area (Å²) in [4.78, 5) is 10.7. The molecule has 0 rings (SSSR count). The zero-order chi connectivity index (χ0) is 11.2. The van der Waals surface area contributed by atoms with Gasteiger partial charge in [0, 0.05) is 20.1 Å². The van der Waals surface area contributed by atoms with Gasteiger partial charge in [-0.1, -0.05) is 13.8 Å². The minimum atomic E-state index is -0.263. The molecule has 0 unspecified atom stereocenters. The summed E-state index contributed by atoms with van der Waals surface area (Å²) in [6.07, 6.45) is 1.06. The van der Waals surface area contributed by atoms with E-state index in [2.05, 4.69) is 19.2 Å². The third kappa shape index (κ3) is 8.05. The predicted molar refractivity (Wildman–Crippen MR) is 58.2 cm³/mol. The molecule has 0 saturated heterocycles. The minimum Gasteiger partial charge on any atom is -0.374 e. The number of hydrogen-bond donors (Lipinski definition) is 1. The van der Waals surface area contributed by atoms with Gasteiger partial charge in [0.25, 0.3) is 0 Å². The number of carbonyl (C=O) groups is 1. The first-order valence-electron chi connectivity index (χ1n) is 5.22. The van der Waals surface area contributed by atoms with Crippen molar-refractivity contribution in [2.24, 2.45) is 5.92 Å². The van der Waals surface area contributed by atoms with Crippen molar-refractivity contribution in [1.82, 2.24) is 5.32 Å². The van der Waals surface area contributed by atoms with E-state index in [0.29, 0.717) is 12.5 Å². The van der Waals surface area contributed by atoms with Crippen LogP contribution in [0.4, 0.5) is 0 Å². The van der Waals surface area contributed by atoms with Crippen LogP contribution in [0, 0.1) is 5.92 Å². The Morgan fingerprint density at radius 1 is 1.43 bits per heavy atom. The summed E-state index contributed by atoms with van der Waals surface area (Å²) < 4.78 is 5.68. The van der Waals surface area contributed by atoms with Gasteiger partial charge in [-0.3, -0.25) is 4.79 Å². The fourth-order valence-corrected chi connectivity index (χ4v) is 0.959. The van der Waals surface area contributed by atoms with Crippen molar-refractivity contribution in [3.63, 3.8) is 0 Å². The van der Waals surface area contributed by atoms with Crippen molar-refractivity contribution in [1.29, 1.82) is 0 Å². The van der Waals surface area contributed by atoms with E-state index in [4.69, 9.17) is 4.74 Å². The molecule has 0 radical (unpaired) electrons. The van der Waals surface area contributed by atoms with E-state index in [9.17, 15) is 4.79 Å². The van der Waals surface area contributed by atoms with Crippen LogP contribution in [0.1, 0.15) is 41.0 Å². The number of rotatable bonds is 6. The van der Waals surface area contributed by atoms with E-state index in [0.717, 1.165) is 13.0 Å². The average Bonchev–Trinajstić information content (AvgIpc) is 2.00. The first kappa shape index (κ1) is 13.4. The molecule has 1 N–H and O–H groups in total. The topological polar surface area (TPSA) is 38.3 Å². The first-order valence-corrected chi connectivity index (χ1v) is 5.22. The third-order valence-electron chi connectivity index (χ3n) is 1.95. The van der Waals surface area contributed by atoms with E-state index in [1.165, 1.54) is 6.92 Å². The van der Waals surface area contributed by atoms with Gasteiger partial charge in [-0.2, -0.15) is 0 Å². The van der Waals surface area contributed by atoms with Crippen LogP contribution < -0.4 is 5.32 Å². The molecule has 0 bridgehead atoms. The fourth-order valence-electron chi connectivity index (χ4n) is 0.959. The highest BCUT2D eigenvalue weighted by Crippen LogP contribution is 2.10. The first-order chi connectivity index (χ1) is 6.33. The van der Waals surface area contributed by atoms with E-state index < -0.39 is 0 Å². The van der Waals surface area contributed by atoms with Gasteiger partial charge in [-0.05, 0) is 26.2 Å². The molecule has 0 aliphatic heterocycles. The van der Waals surface area contributed by atoms with Crippen LogP contribution in [-0.2, 0) is 9.53 Å². The maximum absolute atomic E-state index is 10.7. The van der Waals surface area contributed by atoms with Crippen LogP contribution in [0.25, 0.3) is 0 Å². The molecule has 0 aliphatic rings. The van der Waals surface area contributed by atoms with Gasteiger partial charge in [-0.25, -0.2) is 0 Å². The number of amides is 1. The molecule has 0 heterocycles. The van der Waals surface area contributed by atoms with E-state index in [1.54, 1.807) is 0 Å². The summed E-state index contributed by atoms with van der Waals surface area (Å²) in [5.41, 5.74) is -0.263. The highest BCUT2D eigenvalue weighted by Gasteiger charge is 2.18. The summed E-state index contributed by atoms with van der Waals surface area (Å²) >= 11 is 0. The van der Waals surface area contributed by atoms with Gasteiger partial charge >= 0.3 is 0 Å². The Morgan fingerprint density at radius 2 is 2.00 bits per heavy atom. The van der Waals surface area contributed by atoms with Crippen LogP contribution in [-0.4, -0.2) is 24.7 Å². The van der Waals surface area contributed by atoms with Gasteiger partial charge in [-0.15, -0.1) is 0 Å². The second kappa shape index (κ2) is 6.02. The summed E-state index contributed by atoms with van der Waals surface area (Å²) in [7, 11) is 0. The van der Waals surface area contributed by atoms with Crippen LogP contribution in [0.3, 0.4) is 0 Å². The van der Waals surface area contributed by atoms with Gasteiger partial charge < -0.3 is 10.1 Å². The number of hydrogen-bond acceptors (Lipinski definition) is 2. The molecule has 84 valence electrons. The summed E-state index contributed by atoms with van der Waals surface area (Å²) in [5, 5.41) is 2.76. The lowest BCUT2D eigenvalue weighted by molar-refractivity contribution is -0.120. The molecule has 0 aromatic heterocycles. The monoisotopic (exact) mass is 201 g/mol. The SMILES string of the molecule is CC(=O)NCC(C)(C)OCCC(C)C. The van der Waals surface area contributed by atoms with Crippen LogP contribution in [0.2, 0.25) is 0 Å². The molecule has 1 amide bonds. The van der Waals surface area contributed by atoms with Crippen molar-refractivity contribution in [3.8, 4) is 0 Å². The number of ether oxygens (including phenoxy) is 1. The molecule has 0 saturated carbocycles. The van der Waals surface area contributed by atoms with Crippen LogP contribution >= 0.6 is 0 Å². The molecule has 3 nitrogen and oxygen atoms in total. The number of nitrogens with one attached hydrogen (secondary N) is 1. The maximum atomic E-state index is 10.7. The third-order valence-corrected chi connectivity index (χ3v) is 1.95. The minimum absolute atomic E-state index is 0.00876. The zero-order valence-electron chi connectivity index (χ0n) is 10.0. The second-order valence-corrected chi connectivity index (χ2v) is 4.70. The molecule has 14 heavy (non-hydrogen) atoms. The van der Waals surface area contributed by atoms with Crippen molar-refractivity contribution < 1.29 is 9.53 Å². The Labute approximate surface area is 87.2 Å². The van der Waals surface area contributed by atoms with Crippen molar-refractivity contribution in [3.05, 3.63) is 0 Å². The predicted octanol–water partition coefficient (Wildman–Crippen LogP) is 1.96. The molecule has 0 aliphatic carbocycles. The Morgan fingerprint density at radius 3 is 2.43 bits per heavy atom. The molecular formula is C11H23NO2. The van der Waals surface area contributed by atoms with Gasteiger partial charge in [0.05, 0.1) is 5.60 Å². The molecular weight excluding hydrogens is 178 g/mol. The highest BCUT2D eigenvalue weighted by molar-refractivity contribution is 5.72. The van der Waals surface area contributed by atoms with E-state index in [-0.39, 0.29) is 11.5 Å². The lowest BCUT2D eigenvalue weighted by atomic mass is 10.1. The summed E-state index contributed by atoms with van der Waals surface area (Å²) in [6, 6.07) is 0. The highest BCUT2D eigenvalue weighted by atomic mass is 16.5. The van der Waals surface area contributed by atoms with Gasteiger partial charge in [0.2, 0.25) is 5.91 Å². The van der Waals surface area contributed by atoms with E-state index >= 15 is 0 Å². The van der Waals surface area contributed by atoms with Crippen LogP contribution in [0.15, 0.2) is 0 Å². The fraction of sp³-hybridized carbons (Fsp3) is 0.909. The van der Waals surface area contributed by atoms with E-state index in [1.807, 2.05) is 13.8 Å².